The zero-order valence-electron chi connectivity index (χ0n) is 19.3. The van der Waals surface area contributed by atoms with E-state index in [-0.39, 0.29) is 17.9 Å². The third-order valence-corrected chi connectivity index (χ3v) is 7.17. The number of benzene rings is 1. The summed E-state index contributed by atoms with van der Waals surface area (Å²) >= 11 is 0. The van der Waals surface area contributed by atoms with Crippen molar-refractivity contribution >= 4 is 11.8 Å². The van der Waals surface area contributed by atoms with Crippen molar-refractivity contribution in [2.24, 2.45) is 0 Å². The molecule has 1 aromatic carbocycles. The van der Waals surface area contributed by atoms with Gasteiger partial charge in [-0.1, -0.05) is 49.1 Å². The van der Waals surface area contributed by atoms with Crippen molar-refractivity contribution in [3.05, 3.63) is 71.6 Å². The Labute approximate surface area is 194 Å². The number of nitrogens with zero attached hydrogens (tertiary/aromatic N) is 2. The Balaban J connectivity index is 1.52. The second-order valence-electron chi connectivity index (χ2n) is 9.63. The summed E-state index contributed by atoms with van der Waals surface area (Å²) in [5, 5.41) is 3.28. The molecule has 172 valence electrons. The van der Waals surface area contributed by atoms with E-state index >= 15 is 0 Å². The van der Waals surface area contributed by atoms with Crippen LogP contribution in [-0.2, 0) is 17.9 Å². The van der Waals surface area contributed by atoms with Gasteiger partial charge in [0.1, 0.15) is 17.0 Å². The predicted molar refractivity (Wildman–Crippen MR) is 127 cm³/mol. The number of amides is 2. The molecule has 1 aliphatic carbocycles. The lowest BCUT2D eigenvalue weighted by molar-refractivity contribution is -0.134. The average Bonchev–Trinajstić information content (AvgIpc) is 3.48. The van der Waals surface area contributed by atoms with Crippen LogP contribution in [0.4, 0.5) is 0 Å². The Hall–Kier alpha value is -3.28. The van der Waals surface area contributed by atoms with Crippen molar-refractivity contribution < 1.29 is 14.0 Å². The number of fused-ring (bicyclic) bond motifs is 1. The number of furan rings is 1. The highest BCUT2D eigenvalue weighted by Gasteiger charge is 2.48. The van der Waals surface area contributed by atoms with Crippen LogP contribution in [0.15, 0.2) is 59.2 Å². The summed E-state index contributed by atoms with van der Waals surface area (Å²) in [4.78, 5) is 29.3. The zero-order valence-corrected chi connectivity index (χ0v) is 19.3. The van der Waals surface area contributed by atoms with Crippen LogP contribution >= 0.6 is 0 Å². The molecule has 2 amide bonds. The molecule has 0 spiro atoms. The number of aryl methyl sites for hydroxylation is 1. The first-order valence-corrected chi connectivity index (χ1v) is 11.9. The molecule has 33 heavy (non-hydrogen) atoms. The molecule has 1 N–H and O–H groups in total. The normalized spacial score (nSPS) is 21.2. The van der Waals surface area contributed by atoms with Gasteiger partial charge in [0.2, 0.25) is 5.91 Å². The Morgan fingerprint density at radius 3 is 2.48 bits per heavy atom. The maximum Gasteiger partial charge on any atom is 0.271 e. The van der Waals surface area contributed by atoms with Gasteiger partial charge in [0, 0.05) is 12.6 Å². The minimum Gasteiger partial charge on any atom is -0.463 e. The van der Waals surface area contributed by atoms with Gasteiger partial charge < -0.3 is 19.2 Å². The number of carbonyl (C=O) groups is 2. The van der Waals surface area contributed by atoms with Crippen LogP contribution in [0.25, 0.3) is 11.5 Å². The predicted octanol–water partition coefficient (Wildman–Crippen LogP) is 4.92. The van der Waals surface area contributed by atoms with Crippen LogP contribution in [-0.4, -0.2) is 32.9 Å². The van der Waals surface area contributed by atoms with E-state index in [0.717, 1.165) is 36.9 Å². The Kier molecular flexibility index (Phi) is 5.60. The van der Waals surface area contributed by atoms with Gasteiger partial charge in [-0.25, -0.2) is 0 Å². The summed E-state index contributed by atoms with van der Waals surface area (Å²) in [6.45, 7) is 4.70. The molecule has 1 saturated carbocycles. The lowest BCUT2D eigenvalue weighted by Crippen LogP contribution is -2.64. The van der Waals surface area contributed by atoms with Crippen LogP contribution in [0.3, 0.4) is 0 Å². The largest absolute Gasteiger partial charge is 0.463 e. The van der Waals surface area contributed by atoms with E-state index in [1.165, 1.54) is 12.0 Å². The molecule has 0 bridgehead atoms. The molecular formula is C27H31N3O3. The lowest BCUT2D eigenvalue weighted by Gasteiger charge is -2.45. The smallest absolute Gasteiger partial charge is 0.271 e. The second kappa shape index (κ2) is 8.58. The summed E-state index contributed by atoms with van der Waals surface area (Å²) < 4.78 is 7.55. The van der Waals surface area contributed by atoms with Crippen molar-refractivity contribution in [3.8, 4) is 11.5 Å². The van der Waals surface area contributed by atoms with Crippen LogP contribution in [0.1, 0.15) is 60.6 Å². The van der Waals surface area contributed by atoms with Crippen LogP contribution < -0.4 is 5.32 Å². The Bertz CT molecular complexity index is 1140. The molecule has 0 unspecified atom stereocenters. The zero-order chi connectivity index (χ0) is 23.0. The van der Waals surface area contributed by atoms with E-state index in [1.54, 1.807) is 11.2 Å². The third kappa shape index (κ3) is 3.99. The lowest BCUT2D eigenvalue weighted by atomic mass is 9.91. The first-order valence-electron chi connectivity index (χ1n) is 11.9. The number of aromatic nitrogens is 1. The average molecular weight is 446 g/mol. The van der Waals surface area contributed by atoms with E-state index < -0.39 is 5.54 Å². The molecule has 1 fully saturated rings. The molecule has 6 nitrogen and oxygen atoms in total. The molecule has 2 aliphatic rings. The SMILES string of the molecule is Cc1ccc(CN2C(=O)c3ccc(-c4ccco4)n3C[C@@]2(C)C(=O)NC2CCCCC2)cc1. The molecule has 5 rings (SSSR count). The first-order chi connectivity index (χ1) is 16.0. The number of rotatable bonds is 5. The van der Waals surface area contributed by atoms with Gasteiger partial charge in [-0.05, 0) is 56.5 Å². The van der Waals surface area contributed by atoms with Gasteiger partial charge in [0.15, 0.2) is 0 Å². The minimum atomic E-state index is -1.02. The standard InChI is InChI=1S/C27H31N3O3/c1-19-10-12-20(13-11-19)17-30-25(31)23-15-14-22(24-9-6-16-33-24)29(23)18-27(30,2)26(32)28-21-7-4-3-5-8-21/h6,9-16,21H,3-5,7-8,17-18H2,1-2H3,(H,28,32)/t27-/m0/s1. The fourth-order valence-corrected chi connectivity index (χ4v) is 5.12. The highest BCUT2D eigenvalue weighted by Crippen LogP contribution is 2.34. The fourth-order valence-electron chi connectivity index (χ4n) is 5.12. The van der Waals surface area contributed by atoms with Gasteiger partial charge in [0.05, 0.1) is 18.5 Å². The molecule has 1 atom stereocenters. The second-order valence-corrected chi connectivity index (χ2v) is 9.63. The quantitative estimate of drug-likeness (QED) is 0.606. The van der Waals surface area contributed by atoms with E-state index in [2.05, 4.69) is 5.32 Å². The molecule has 3 heterocycles. The molecule has 0 radical (unpaired) electrons. The number of hydrogen-bond donors (Lipinski definition) is 1. The molecule has 6 heteroatoms. The molecular weight excluding hydrogens is 414 g/mol. The topological polar surface area (TPSA) is 67.5 Å². The van der Waals surface area contributed by atoms with Crippen molar-refractivity contribution in [2.45, 2.75) is 70.6 Å². The van der Waals surface area contributed by atoms with Crippen molar-refractivity contribution in [2.75, 3.05) is 0 Å². The molecule has 3 aromatic rings. The number of carbonyl (C=O) groups excluding carboxylic acids is 2. The van der Waals surface area contributed by atoms with Gasteiger partial charge in [-0.3, -0.25) is 9.59 Å². The molecule has 2 aromatic heterocycles. The Morgan fingerprint density at radius 2 is 1.79 bits per heavy atom. The van der Waals surface area contributed by atoms with Crippen molar-refractivity contribution in [3.63, 3.8) is 0 Å². The monoisotopic (exact) mass is 445 g/mol. The van der Waals surface area contributed by atoms with Gasteiger partial charge in [0.25, 0.3) is 5.91 Å². The van der Waals surface area contributed by atoms with Gasteiger partial charge >= 0.3 is 0 Å². The summed E-state index contributed by atoms with van der Waals surface area (Å²) in [7, 11) is 0. The highest BCUT2D eigenvalue weighted by molar-refractivity contribution is 6.00. The maximum absolute atomic E-state index is 13.8. The number of hydrogen-bond acceptors (Lipinski definition) is 3. The minimum absolute atomic E-state index is 0.0837. The summed E-state index contributed by atoms with van der Waals surface area (Å²) in [5.74, 6) is 0.469. The van der Waals surface area contributed by atoms with Crippen molar-refractivity contribution in [1.82, 2.24) is 14.8 Å². The van der Waals surface area contributed by atoms with E-state index in [9.17, 15) is 9.59 Å². The summed E-state index contributed by atoms with van der Waals surface area (Å²) in [6.07, 6.45) is 7.12. The van der Waals surface area contributed by atoms with Crippen LogP contribution in [0.2, 0.25) is 0 Å². The van der Waals surface area contributed by atoms with Gasteiger partial charge in [-0.2, -0.15) is 0 Å². The van der Waals surface area contributed by atoms with E-state index in [1.807, 2.05) is 66.9 Å². The van der Waals surface area contributed by atoms with Crippen molar-refractivity contribution in [1.29, 1.82) is 0 Å². The van der Waals surface area contributed by atoms with E-state index in [0.29, 0.717) is 24.5 Å². The fraction of sp³-hybridized carbons (Fsp3) is 0.407. The first kappa shape index (κ1) is 21.6. The molecule has 0 saturated heterocycles. The summed E-state index contributed by atoms with van der Waals surface area (Å²) in [6, 6.07) is 15.8. The van der Waals surface area contributed by atoms with Crippen LogP contribution in [0.5, 0.6) is 0 Å². The van der Waals surface area contributed by atoms with Gasteiger partial charge in [-0.15, -0.1) is 0 Å². The highest BCUT2D eigenvalue weighted by atomic mass is 16.3. The third-order valence-electron chi connectivity index (χ3n) is 7.17. The maximum atomic E-state index is 13.8. The van der Waals surface area contributed by atoms with E-state index in [4.69, 9.17) is 4.42 Å². The number of nitrogens with one attached hydrogen (secondary N) is 1. The summed E-state index contributed by atoms with van der Waals surface area (Å²) in [5.41, 5.74) is 2.55. The molecule has 1 aliphatic heterocycles. The van der Waals surface area contributed by atoms with Crippen LogP contribution in [0, 0.1) is 6.92 Å². The Morgan fingerprint density at radius 1 is 1.06 bits per heavy atom.